The molecule has 0 atom stereocenters. The lowest BCUT2D eigenvalue weighted by atomic mass is 9.84. The average molecular weight is 763 g/mol. The highest BCUT2D eigenvalue weighted by Crippen LogP contribution is 2.38. The number of halogens is 1. The number of ether oxygens (including phenoxy) is 1. The number of hydrogen-bond donors (Lipinski definition) is 2. The molecule has 56 heavy (non-hydrogen) atoms. The number of urea groups is 1. The van der Waals surface area contributed by atoms with Crippen LogP contribution in [0.3, 0.4) is 0 Å². The van der Waals surface area contributed by atoms with E-state index in [0.717, 1.165) is 93.8 Å². The number of nitrogens with one attached hydrogen (secondary N) is 2. The fourth-order valence-corrected chi connectivity index (χ4v) is 9.09. The number of nitrogens with zero attached hydrogens (tertiary/aromatic N) is 6. The average Bonchev–Trinajstić information content (AvgIpc) is 3.82. The van der Waals surface area contributed by atoms with Crippen LogP contribution in [0.2, 0.25) is 0 Å². The van der Waals surface area contributed by atoms with Crippen molar-refractivity contribution >= 4 is 51.0 Å². The Bertz CT molecular complexity index is 2380. The minimum absolute atomic E-state index is 0.145. The van der Waals surface area contributed by atoms with Gasteiger partial charge in [-0.15, -0.1) is 0 Å². The predicted molar refractivity (Wildman–Crippen MR) is 211 cm³/mol. The highest BCUT2D eigenvalue weighted by atomic mass is 19.1. The van der Waals surface area contributed by atoms with Crippen LogP contribution < -0.4 is 25.8 Å². The summed E-state index contributed by atoms with van der Waals surface area (Å²) < 4.78 is 26.7. The molecule has 5 aromatic rings. The highest BCUT2D eigenvalue weighted by molar-refractivity contribution is 6.10. The first-order valence-electron chi connectivity index (χ1n) is 20.0. The molecule has 4 fully saturated rings. The number of carbonyl (C=O) groups is 3. The van der Waals surface area contributed by atoms with Crippen LogP contribution in [0.25, 0.3) is 21.8 Å². The van der Waals surface area contributed by atoms with Gasteiger partial charge in [-0.1, -0.05) is 0 Å². The van der Waals surface area contributed by atoms with E-state index in [-0.39, 0.29) is 53.8 Å². The lowest BCUT2D eigenvalue weighted by molar-refractivity contribution is -0.120. The number of likely N-dealkylation sites (tertiary alicyclic amines) is 1. The number of methoxy groups -OCH3 is 1. The van der Waals surface area contributed by atoms with Crippen molar-refractivity contribution in [1.29, 1.82) is 0 Å². The van der Waals surface area contributed by atoms with Gasteiger partial charge in [0, 0.05) is 73.6 Å². The molecular formula is C42H47FN8O5. The molecule has 2 aliphatic heterocycles. The molecular weight excluding hydrogens is 716 g/mol. The van der Waals surface area contributed by atoms with Crippen molar-refractivity contribution in [3.8, 4) is 5.75 Å². The molecule has 2 saturated heterocycles. The number of aromatic nitrogens is 4. The van der Waals surface area contributed by atoms with Crippen LogP contribution in [-0.2, 0) is 4.79 Å². The third kappa shape index (κ3) is 6.95. The standard InChI is InChI=1S/C42H47FN8O5/c1-56-37-24-35-27(23-32(37)40(53)44-34-3-2-17-49(41(34)54)28-8-9-28)25-51(46-35)30-6-4-26(5-7-30)12-18-47-19-13-29(14-20-47)48-21-15-31-36(48)11-10-33(43)39(31)50-22-16-38(52)45-42(50)55/h2-3,10-11,15,17,21,23-26,28-30H,4-9,12-14,16,18-20,22H2,1H3,(H,44,53)(H,45,52,55). The van der Waals surface area contributed by atoms with Crippen molar-refractivity contribution in [3.05, 3.63) is 82.8 Å². The Kier molecular flexibility index (Phi) is 9.60. The molecule has 2 saturated carbocycles. The molecule has 4 amide bonds. The smallest absolute Gasteiger partial charge is 0.328 e. The number of pyridine rings is 1. The van der Waals surface area contributed by atoms with E-state index in [2.05, 4.69) is 24.8 Å². The van der Waals surface area contributed by atoms with Crippen LogP contribution in [-0.4, -0.2) is 74.9 Å². The Balaban J connectivity index is 0.780. The summed E-state index contributed by atoms with van der Waals surface area (Å²) in [5.41, 5.74) is 2.34. The van der Waals surface area contributed by atoms with Gasteiger partial charge in [0.15, 0.2) is 0 Å². The Morgan fingerprint density at radius 1 is 0.911 bits per heavy atom. The van der Waals surface area contributed by atoms with Gasteiger partial charge in [0.25, 0.3) is 11.5 Å². The van der Waals surface area contributed by atoms with Crippen molar-refractivity contribution < 1.29 is 23.5 Å². The van der Waals surface area contributed by atoms with Crippen LogP contribution in [0.4, 0.5) is 20.6 Å². The van der Waals surface area contributed by atoms with Gasteiger partial charge in [-0.3, -0.25) is 29.3 Å². The second-order valence-electron chi connectivity index (χ2n) is 15.9. The van der Waals surface area contributed by atoms with Crippen LogP contribution in [0.5, 0.6) is 5.75 Å². The molecule has 292 valence electrons. The first-order chi connectivity index (χ1) is 27.2. The number of fused-ring (bicyclic) bond motifs is 2. The molecule has 13 nitrogen and oxygen atoms in total. The summed E-state index contributed by atoms with van der Waals surface area (Å²) in [6, 6.07) is 12.4. The van der Waals surface area contributed by atoms with Crippen LogP contribution >= 0.6 is 0 Å². The lowest BCUT2D eigenvalue weighted by Gasteiger charge is -2.35. The molecule has 14 heteroatoms. The fraction of sp³-hybridized carbons (Fsp3) is 0.452. The minimum atomic E-state index is -0.582. The minimum Gasteiger partial charge on any atom is -0.496 e. The number of benzene rings is 2. The highest BCUT2D eigenvalue weighted by Gasteiger charge is 2.31. The predicted octanol–water partition coefficient (Wildman–Crippen LogP) is 6.79. The number of hydrogen-bond acceptors (Lipinski definition) is 7. The topological polar surface area (TPSA) is 136 Å². The second kappa shape index (κ2) is 14.9. The molecule has 0 radical (unpaired) electrons. The second-order valence-corrected chi connectivity index (χ2v) is 15.9. The van der Waals surface area contributed by atoms with Gasteiger partial charge in [0.1, 0.15) is 17.3 Å². The first kappa shape index (κ1) is 36.2. The van der Waals surface area contributed by atoms with Crippen LogP contribution in [0.1, 0.15) is 92.7 Å². The summed E-state index contributed by atoms with van der Waals surface area (Å²) in [5.74, 6) is -0.117. The number of amides is 4. The molecule has 2 aromatic carbocycles. The van der Waals surface area contributed by atoms with Gasteiger partial charge in [-0.25, -0.2) is 9.18 Å². The maximum atomic E-state index is 15.1. The van der Waals surface area contributed by atoms with E-state index in [1.54, 1.807) is 41.1 Å². The zero-order valence-electron chi connectivity index (χ0n) is 31.6. The zero-order valence-corrected chi connectivity index (χ0v) is 31.6. The number of rotatable bonds is 10. The first-order valence-corrected chi connectivity index (χ1v) is 20.0. The van der Waals surface area contributed by atoms with Crippen molar-refractivity contribution in [2.24, 2.45) is 5.92 Å². The summed E-state index contributed by atoms with van der Waals surface area (Å²) in [5, 5.41) is 11.6. The van der Waals surface area contributed by atoms with E-state index in [4.69, 9.17) is 9.84 Å². The SMILES string of the molecule is COc1cc2nn(C3CCC(CCN4CCC(n5ccc6c(N7CCC(=O)NC7=O)c(F)ccc65)CC4)CC3)cc2cc1C(=O)Nc1cccn(C2CC2)c1=O. The van der Waals surface area contributed by atoms with Crippen molar-refractivity contribution in [2.45, 2.75) is 82.3 Å². The third-order valence-electron chi connectivity index (χ3n) is 12.4. The molecule has 5 heterocycles. The zero-order chi connectivity index (χ0) is 38.5. The Morgan fingerprint density at radius 3 is 2.43 bits per heavy atom. The normalized spacial score (nSPS) is 21.1. The van der Waals surface area contributed by atoms with E-state index in [1.807, 2.05) is 18.5 Å². The van der Waals surface area contributed by atoms with E-state index >= 15 is 4.39 Å². The summed E-state index contributed by atoms with van der Waals surface area (Å²) in [4.78, 5) is 54.5. The van der Waals surface area contributed by atoms with Gasteiger partial charge >= 0.3 is 6.03 Å². The van der Waals surface area contributed by atoms with Crippen LogP contribution in [0.15, 0.2) is 65.8 Å². The molecule has 2 N–H and O–H groups in total. The maximum Gasteiger partial charge on any atom is 0.328 e. The molecule has 0 bridgehead atoms. The molecule has 4 aliphatic rings. The lowest BCUT2D eigenvalue weighted by Crippen LogP contribution is -2.50. The van der Waals surface area contributed by atoms with E-state index in [9.17, 15) is 19.2 Å². The molecule has 9 rings (SSSR count). The largest absolute Gasteiger partial charge is 0.496 e. The monoisotopic (exact) mass is 762 g/mol. The maximum absolute atomic E-state index is 15.1. The fourth-order valence-electron chi connectivity index (χ4n) is 9.09. The third-order valence-corrected chi connectivity index (χ3v) is 12.4. The molecule has 0 spiro atoms. The summed E-state index contributed by atoms with van der Waals surface area (Å²) in [6.07, 6.45) is 15.4. The van der Waals surface area contributed by atoms with Crippen LogP contribution in [0, 0.1) is 11.7 Å². The van der Waals surface area contributed by atoms with Gasteiger partial charge in [-0.2, -0.15) is 5.10 Å². The quantitative estimate of drug-likeness (QED) is 0.160. The molecule has 2 aliphatic carbocycles. The Morgan fingerprint density at radius 2 is 1.68 bits per heavy atom. The summed E-state index contributed by atoms with van der Waals surface area (Å²) >= 11 is 0. The number of piperidine rings is 1. The van der Waals surface area contributed by atoms with Crippen molar-refractivity contribution in [2.75, 3.05) is 43.5 Å². The number of anilines is 2. The van der Waals surface area contributed by atoms with Crippen molar-refractivity contribution in [3.63, 3.8) is 0 Å². The van der Waals surface area contributed by atoms with Gasteiger partial charge < -0.3 is 24.1 Å². The molecule has 0 unspecified atom stereocenters. The summed E-state index contributed by atoms with van der Waals surface area (Å²) in [6.45, 7) is 3.22. The van der Waals surface area contributed by atoms with Crippen molar-refractivity contribution in [1.82, 2.24) is 29.1 Å². The van der Waals surface area contributed by atoms with E-state index < -0.39 is 11.8 Å². The van der Waals surface area contributed by atoms with Gasteiger partial charge in [-0.05, 0) is 107 Å². The number of imide groups is 1. The Labute approximate surface area is 323 Å². The molecule has 3 aromatic heterocycles. The number of carbonyl (C=O) groups excluding carboxylic acids is 3. The van der Waals surface area contributed by atoms with Gasteiger partial charge in [0.05, 0.1) is 35.4 Å². The van der Waals surface area contributed by atoms with Gasteiger partial charge in [0.2, 0.25) is 5.91 Å². The van der Waals surface area contributed by atoms with E-state index in [0.29, 0.717) is 28.7 Å². The van der Waals surface area contributed by atoms with E-state index in [1.165, 1.54) is 18.1 Å². The Hall–Kier alpha value is -5.50. The summed E-state index contributed by atoms with van der Waals surface area (Å²) in [7, 11) is 1.54.